The molecule has 3 heterocycles. The van der Waals surface area contributed by atoms with E-state index in [1.165, 1.54) is 42.9 Å². The van der Waals surface area contributed by atoms with Crippen LogP contribution in [0.15, 0.2) is 33.7 Å². The number of nitrogens with one attached hydrogen (secondary N) is 1. The van der Waals surface area contributed by atoms with Gasteiger partial charge in [0.1, 0.15) is 17.9 Å². The first-order chi connectivity index (χ1) is 18.0. The molecule has 1 aromatic heterocycles. The number of rotatable bonds is 13. The third kappa shape index (κ3) is 6.89. The summed E-state index contributed by atoms with van der Waals surface area (Å²) in [6, 6.07) is 3.43. The fourth-order valence-electron chi connectivity index (χ4n) is 4.48. The number of nitriles is 1. The third-order valence-corrected chi connectivity index (χ3v) is 9.85. The molecule has 2 aliphatic heterocycles. The first kappa shape index (κ1) is 30.8. The zero-order valence-corrected chi connectivity index (χ0v) is 24.2. The van der Waals surface area contributed by atoms with Crippen molar-refractivity contribution in [1.29, 1.82) is 5.26 Å². The van der Waals surface area contributed by atoms with Crippen LogP contribution >= 0.6 is 16.1 Å². The van der Waals surface area contributed by atoms with Crippen LogP contribution in [0.1, 0.15) is 46.8 Å². The molecular weight excluding hydrogens is 538 g/mol. The van der Waals surface area contributed by atoms with E-state index >= 15 is 0 Å². The summed E-state index contributed by atoms with van der Waals surface area (Å²) in [5, 5.41) is 9.04. The molecular formula is C23H36N4O9P2. The van der Waals surface area contributed by atoms with E-state index in [2.05, 4.69) is 15.7 Å². The van der Waals surface area contributed by atoms with Gasteiger partial charge in [0.2, 0.25) is 0 Å². The van der Waals surface area contributed by atoms with Crippen LogP contribution in [0.5, 0.6) is 0 Å². The number of hydrogen-bond acceptors (Lipinski definition) is 11. The minimum Gasteiger partial charge on any atom is -0.372 e. The minimum absolute atomic E-state index is 0.0333. The standard InChI is InChI=1S/C23H36N4O9P2/c1-16(2)27(17(3)4)37(34-12-7-10-24)36-21-18-14-20(26-11-8-19(28)25-22(26)29)35-23(21,15-33-18)9-13-38(30,31-5)32-6/h8-9,11,13,16-18,20-21H,7,12,14-15H2,1-6H3,(H,25,28,29)/b13-9+/t18-,20+,21-,23-,37?/m0/s1. The predicted octanol–water partition coefficient (Wildman–Crippen LogP) is 3.25. The summed E-state index contributed by atoms with van der Waals surface area (Å²) in [6.45, 7) is 8.31. The maximum Gasteiger partial charge on any atom is 0.353 e. The van der Waals surface area contributed by atoms with Crippen LogP contribution in [-0.2, 0) is 32.1 Å². The Morgan fingerprint density at radius 2 is 2.00 bits per heavy atom. The van der Waals surface area contributed by atoms with E-state index in [0.29, 0.717) is 0 Å². The van der Waals surface area contributed by atoms with Gasteiger partial charge < -0.3 is 27.6 Å². The van der Waals surface area contributed by atoms with Gasteiger partial charge in [-0.3, -0.25) is 18.9 Å². The highest BCUT2D eigenvalue weighted by Crippen LogP contribution is 2.55. The van der Waals surface area contributed by atoms with Gasteiger partial charge in [-0.1, -0.05) is 0 Å². The summed E-state index contributed by atoms with van der Waals surface area (Å²) in [6.07, 6.45) is 1.26. The molecule has 2 aliphatic rings. The largest absolute Gasteiger partial charge is 0.372 e. The zero-order valence-electron chi connectivity index (χ0n) is 22.4. The third-order valence-electron chi connectivity index (χ3n) is 6.21. The van der Waals surface area contributed by atoms with Crippen LogP contribution in [0.3, 0.4) is 0 Å². The maximum absolute atomic E-state index is 12.9. The Kier molecular flexibility index (Phi) is 10.6. The number of nitrogens with zero attached hydrogens (tertiary/aromatic N) is 3. The van der Waals surface area contributed by atoms with Crippen molar-refractivity contribution < 1.29 is 32.1 Å². The number of H-pyrrole nitrogens is 1. The molecule has 0 radical (unpaired) electrons. The molecule has 5 atom stereocenters. The summed E-state index contributed by atoms with van der Waals surface area (Å²) < 4.78 is 51.6. The lowest BCUT2D eigenvalue weighted by atomic mass is 9.91. The summed E-state index contributed by atoms with van der Waals surface area (Å²) in [5.74, 6) is 1.29. The van der Waals surface area contributed by atoms with Crippen LogP contribution in [0.4, 0.5) is 0 Å². The van der Waals surface area contributed by atoms with Crippen molar-refractivity contribution >= 4 is 16.1 Å². The van der Waals surface area contributed by atoms with Crippen LogP contribution in [-0.4, -0.2) is 71.5 Å². The van der Waals surface area contributed by atoms with Gasteiger partial charge in [-0.2, -0.15) is 5.26 Å². The topological polar surface area (TPSA) is 154 Å². The fraction of sp³-hybridized carbons (Fsp3) is 0.696. The average Bonchev–Trinajstić information content (AvgIpc) is 3.06. The second-order valence-electron chi connectivity index (χ2n) is 9.42. The van der Waals surface area contributed by atoms with Crippen LogP contribution < -0.4 is 11.2 Å². The number of aromatic amines is 1. The summed E-state index contributed by atoms with van der Waals surface area (Å²) in [4.78, 5) is 26.4. The van der Waals surface area contributed by atoms with E-state index in [1.807, 2.05) is 27.7 Å². The molecule has 0 spiro atoms. The van der Waals surface area contributed by atoms with Gasteiger partial charge in [0, 0.05) is 50.8 Å². The Morgan fingerprint density at radius 1 is 1.32 bits per heavy atom. The minimum atomic E-state index is -3.59. The van der Waals surface area contributed by atoms with Gasteiger partial charge in [0.25, 0.3) is 14.1 Å². The number of fused-ring (bicyclic) bond motifs is 2. The lowest BCUT2D eigenvalue weighted by molar-refractivity contribution is -0.166. The van der Waals surface area contributed by atoms with Gasteiger partial charge in [0.05, 0.1) is 31.8 Å². The van der Waals surface area contributed by atoms with E-state index in [0.717, 1.165) is 0 Å². The van der Waals surface area contributed by atoms with Gasteiger partial charge in [0.15, 0.2) is 0 Å². The number of hydrogen-bond donors (Lipinski definition) is 1. The number of ether oxygens (including phenoxy) is 2. The molecule has 1 aromatic rings. The Hall–Kier alpha value is -1.71. The van der Waals surface area contributed by atoms with Crippen LogP contribution in [0.2, 0.25) is 0 Å². The molecule has 13 nitrogen and oxygen atoms in total. The van der Waals surface area contributed by atoms with E-state index in [9.17, 15) is 14.2 Å². The summed E-state index contributed by atoms with van der Waals surface area (Å²) in [5.41, 5.74) is -2.46. The Morgan fingerprint density at radius 3 is 2.58 bits per heavy atom. The smallest absolute Gasteiger partial charge is 0.353 e. The van der Waals surface area contributed by atoms with E-state index in [4.69, 9.17) is 32.8 Å². The highest BCUT2D eigenvalue weighted by molar-refractivity contribution is 7.57. The SMILES string of the molecule is COP(=O)(/C=C/[C@@]12CO[C@@H](C[C@H](n3ccc(=O)[nH]c3=O)O1)[C@@H]2OP(OCCC#N)N(C(C)C)C(C)C)OC. The van der Waals surface area contributed by atoms with Gasteiger partial charge in [-0.25, -0.2) is 9.46 Å². The fourth-order valence-corrected chi connectivity index (χ4v) is 7.12. The molecule has 1 unspecified atom stereocenters. The molecule has 0 aromatic carbocycles. The second kappa shape index (κ2) is 13.1. The Bertz CT molecular complexity index is 1160. The summed E-state index contributed by atoms with van der Waals surface area (Å²) in [7, 11) is -2.72. The van der Waals surface area contributed by atoms with Crippen molar-refractivity contribution in [2.75, 3.05) is 27.4 Å². The maximum atomic E-state index is 12.9. The van der Waals surface area contributed by atoms with Crippen molar-refractivity contribution in [1.82, 2.24) is 14.2 Å². The highest BCUT2D eigenvalue weighted by atomic mass is 31.2. The van der Waals surface area contributed by atoms with E-state index in [-0.39, 0.29) is 38.1 Å². The first-order valence-electron chi connectivity index (χ1n) is 12.3. The molecule has 2 fully saturated rings. The first-order valence-corrected chi connectivity index (χ1v) is 15.0. The van der Waals surface area contributed by atoms with Gasteiger partial charge in [-0.05, 0) is 33.8 Å². The monoisotopic (exact) mass is 574 g/mol. The van der Waals surface area contributed by atoms with Crippen molar-refractivity contribution in [3.63, 3.8) is 0 Å². The van der Waals surface area contributed by atoms with E-state index in [1.54, 1.807) is 0 Å². The van der Waals surface area contributed by atoms with Crippen molar-refractivity contribution in [2.24, 2.45) is 0 Å². The normalized spacial score (nSPS) is 26.5. The molecule has 3 rings (SSSR count). The predicted molar refractivity (Wildman–Crippen MR) is 139 cm³/mol. The Balaban J connectivity index is 2.02. The van der Waals surface area contributed by atoms with Gasteiger partial charge in [-0.15, -0.1) is 0 Å². The molecule has 212 valence electrons. The molecule has 0 amide bonds. The van der Waals surface area contributed by atoms with Crippen molar-refractivity contribution in [2.45, 2.75) is 76.7 Å². The van der Waals surface area contributed by atoms with Crippen molar-refractivity contribution in [3.05, 3.63) is 45.0 Å². The highest BCUT2D eigenvalue weighted by Gasteiger charge is 2.58. The molecule has 0 aliphatic carbocycles. The van der Waals surface area contributed by atoms with Gasteiger partial charge >= 0.3 is 13.3 Å². The molecule has 2 saturated heterocycles. The molecule has 0 saturated carbocycles. The lowest BCUT2D eigenvalue weighted by Gasteiger charge is -2.44. The quantitative estimate of drug-likeness (QED) is 0.273. The zero-order chi connectivity index (χ0) is 28.1. The van der Waals surface area contributed by atoms with Crippen LogP contribution in [0.25, 0.3) is 0 Å². The summed E-state index contributed by atoms with van der Waals surface area (Å²) >= 11 is 0. The average molecular weight is 575 g/mol. The second-order valence-corrected chi connectivity index (χ2v) is 12.9. The molecule has 38 heavy (non-hydrogen) atoms. The van der Waals surface area contributed by atoms with Crippen molar-refractivity contribution in [3.8, 4) is 6.07 Å². The van der Waals surface area contributed by atoms with Crippen LogP contribution in [0, 0.1) is 11.3 Å². The number of aromatic nitrogens is 2. The molecule has 2 bridgehead atoms. The van der Waals surface area contributed by atoms with E-state index < -0.39 is 51.4 Å². The Labute approximate surface area is 223 Å². The lowest BCUT2D eigenvalue weighted by Crippen LogP contribution is -2.53. The molecule has 1 N–H and O–H groups in total. The molecule has 15 heteroatoms.